The lowest BCUT2D eigenvalue weighted by Crippen LogP contribution is -2.30. The van der Waals surface area contributed by atoms with Crippen molar-refractivity contribution in [2.75, 3.05) is 0 Å². The number of alkyl halides is 2. The van der Waals surface area contributed by atoms with Crippen LogP contribution in [-0.4, -0.2) is 3.23 Å². The van der Waals surface area contributed by atoms with Gasteiger partial charge in [-0.25, -0.2) is 0 Å². The maximum absolute atomic E-state index is 4.01. The van der Waals surface area contributed by atoms with E-state index < -0.39 is 0 Å². The molecule has 0 spiro atoms. The molecule has 0 saturated heterocycles. The van der Waals surface area contributed by atoms with Gasteiger partial charge in [-0.3, -0.25) is 0 Å². The summed E-state index contributed by atoms with van der Waals surface area (Å²) < 4.78 is 0.380. The SMILES string of the molecule is BrC1(Br)[C@@H]2[C@H]3C[C@H]4[C@H]5C[C@H]([C@H]42)[C@H]1[C@H]53. The largest absolute Gasteiger partial charge is 0.0872 e. The lowest BCUT2D eigenvalue weighted by Gasteiger charge is -2.33. The van der Waals surface area contributed by atoms with Gasteiger partial charge in [0.25, 0.3) is 0 Å². The maximum Gasteiger partial charge on any atom is 0.0872 e. The fourth-order valence-corrected chi connectivity index (χ4v) is 9.11. The van der Waals surface area contributed by atoms with Crippen LogP contribution in [0.15, 0.2) is 0 Å². The van der Waals surface area contributed by atoms with E-state index in [0.717, 1.165) is 35.5 Å². The van der Waals surface area contributed by atoms with Gasteiger partial charge in [-0.1, -0.05) is 31.9 Å². The summed E-state index contributed by atoms with van der Waals surface area (Å²) in [5, 5.41) is 0. The molecule has 0 heterocycles. The van der Waals surface area contributed by atoms with Gasteiger partial charge in [-0.15, -0.1) is 0 Å². The molecule has 6 saturated carbocycles. The van der Waals surface area contributed by atoms with Gasteiger partial charge < -0.3 is 0 Å². The van der Waals surface area contributed by atoms with Crippen LogP contribution in [0.1, 0.15) is 12.8 Å². The predicted molar refractivity (Wildman–Crippen MR) is 57.7 cm³/mol. The number of hydrogen-bond acceptors (Lipinski definition) is 0. The van der Waals surface area contributed by atoms with E-state index in [-0.39, 0.29) is 0 Å². The second-order valence-corrected chi connectivity index (χ2v) is 9.70. The zero-order valence-corrected chi connectivity index (χ0v) is 10.5. The minimum Gasteiger partial charge on any atom is -0.0721 e. The third-order valence-electron chi connectivity index (χ3n) is 6.26. The minimum absolute atomic E-state index is 0.380. The number of hydrogen-bond donors (Lipinski definition) is 0. The molecule has 70 valence electrons. The van der Waals surface area contributed by atoms with Gasteiger partial charge >= 0.3 is 0 Å². The van der Waals surface area contributed by atoms with Crippen molar-refractivity contribution in [1.82, 2.24) is 0 Å². The van der Waals surface area contributed by atoms with Crippen molar-refractivity contribution in [3.05, 3.63) is 0 Å². The molecule has 6 aliphatic rings. The molecule has 6 aliphatic carbocycles. The molecule has 6 rings (SSSR count). The van der Waals surface area contributed by atoms with E-state index in [4.69, 9.17) is 0 Å². The summed E-state index contributed by atoms with van der Waals surface area (Å²) >= 11 is 8.01. The first-order valence-electron chi connectivity index (χ1n) is 5.59. The molecule has 8 atom stereocenters. The summed E-state index contributed by atoms with van der Waals surface area (Å²) in [7, 11) is 0. The van der Waals surface area contributed by atoms with E-state index in [1.165, 1.54) is 11.8 Å². The smallest absolute Gasteiger partial charge is 0.0721 e. The lowest BCUT2D eigenvalue weighted by molar-refractivity contribution is 0.132. The zero-order chi connectivity index (χ0) is 8.53. The minimum atomic E-state index is 0.380. The van der Waals surface area contributed by atoms with E-state index in [9.17, 15) is 0 Å². The van der Waals surface area contributed by atoms with Crippen LogP contribution >= 0.6 is 31.9 Å². The summed E-state index contributed by atoms with van der Waals surface area (Å²) in [5.74, 6) is 8.83. The summed E-state index contributed by atoms with van der Waals surface area (Å²) in [6.07, 6.45) is 3.19. The second kappa shape index (κ2) is 1.71. The molecular weight excluding hydrogens is 292 g/mol. The highest BCUT2D eigenvalue weighted by Crippen LogP contribution is 2.87. The molecule has 0 unspecified atom stereocenters. The molecule has 13 heavy (non-hydrogen) atoms. The third kappa shape index (κ3) is 0.480. The lowest BCUT2D eigenvalue weighted by atomic mass is 9.71. The van der Waals surface area contributed by atoms with E-state index in [1.54, 1.807) is 12.8 Å². The quantitative estimate of drug-likeness (QED) is 0.603. The average molecular weight is 304 g/mol. The molecule has 0 aliphatic heterocycles. The van der Waals surface area contributed by atoms with Crippen LogP contribution in [0.3, 0.4) is 0 Å². The van der Waals surface area contributed by atoms with Gasteiger partial charge in [-0.05, 0) is 60.2 Å². The fraction of sp³-hybridized carbons (Fsp3) is 1.00. The van der Waals surface area contributed by atoms with Crippen molar-refractivity contribution >= 4 is 31.9 Å². The molecule has 0 aromatic rings. The van der Waals surface area contributed by atoms with Crippen molar-refractivity contribution in [1.29, 1.82) is 0 Å². The molecule has 0 aromatic carbocycles. The first-order chi connectivity index (χ1) is 6.21. The van der Waals surface area contributed by atoms with E-state index in [0.29, 0.717) is 3.23 Å². The average Bonchev–Trinajstić information content (AvgIpc) is 2.71. The highest BCUT2D eigenvalue weighted by atomic mass is 79.9. The monoisotopic (exact) mass is 302 g/mol. The molecule has 6 fully saturated rings. The molecule has 2 heteroatoms. The van der Waals surface area contributed by atoms with Crippen molar-refractivity contribution < 1.29 is 0 Å². The Labute approximate surface area is 95.1 Å². The molecule has 0 amide bonds. The van der Waals surface area contributed by atoms with Crippen LogP contribution in [0.2, 0.25) is 0 Å². The van der Waals surface area contributed by atoms with Gasteiger partial charge in [0.1, 0.15) is 0 Å². The number of rotatable bonds is 0. The molecular formula is C11H12Br2. The van der Waals surface area contributed by atoms with Crippen LogP contribution in [0.4, 0.5) is 0 Å². The Morgan fingerprint density at radius 2 is 1.23 bits per heavy atom. The van der Waals surface area contributed by atoms with Crippen molar-refractivity contribution in [2.45, 2.75) is 16.1 Å². The Balaban J connectivity index is 1.88. The summed E-state index contributed by atoms with van der Waals surface area (Å²) in [6.45, 7) is 0. The first kappa shape index (κ1) is 7.27. The summed E-state index contributed by atoms with van der Waals surface area (Å²) in [6, 6.07) is 0. The van der Waals surface area contributed by atoms with Gasteiger partial charge in [-0.2, -0.15) is 0 Å². The van der Waals surface area contributed by atoms with E-state index in [1.807, 2.05) is 0 Å². The van der Waals surface area contributed by atoms with Crippen LogP contribution < -0.4 is 0 Å². The third-order valence-corrected chi connectivity index (χ3v) is 8.37. The normalized spacial score (nSPS) is 78.0. The van der Waals surface area contributed by atoms with E-state index in [2.05, 4.69) is 31.9 Å². The standard InChI is InChI=1S/C11H12Br2/c12-11(13)9-5-1-3-4-2-6(7(3)9)10(11)8(4)5/h3-10H,1-2H2/t3-,4+,5-,6+,7-,8+,9+,10-. The Kier molecular flexibility index (Phi) is 0.954. The van der Waals surface area contributed by atoms with Gasteiger partial charge in [0.15, 0.2) is 0 Å². The molecule has 0 aromatic heterocycles. The molecule has 0 radical (unpaired) electrons. The van der Waals surface area contributed by atoms with Crippen LogP contribution in [0, 0.1) is 47.3 Å². The molecule has 6 bridgehead atoms. The summed E-state index contributed by atoms with van der Waals surface area (Å²) in [5.41, 5.74) is 0. The maximum atomic E-state index is 4.01. The topological polar surface area (TPSA) is 0 Å². The fourth-order valence-electron chi connectivity index (χ4n) is 6.53. The second-order valence-electron chi connectivity index (χ2n) is 6.01. The Morgan fingerprint density at radius 1 is 0.769 bits per heavy atom. The van der Waals surface area contributed by atoms with Gasteiger partial charge in [0.2, 0.25) is 0 Å². The highest BCUT2D eigenvalue weighted by molar-refractivity contribution is 9.25. The molecule has 0 N–H and O–H groups in total. The van der Waals surface area contributed by atoms with Crippen molar-refractivity contribution in [2.24, 2.45) is 47.3 Å². The predicted octanol–water partition coefficient (Wildman–Crippen LogP) is 3.25. The van der Waals surface area contributed by atoms with Crippen molar-refractivity contribution in [3.63, 3.8) is 0 Å². The number of halogens is 2. The Bertz CT molecular complexity index is 294. The van der Waals surface area contributed by atoms with Crippen LogP contribution in [0.5, 0.6) is 0 Å². The Hall–Kier alpha value is 0.960. The molecule has 0 nitrogen and oxygen atoms in total. The van der Waals surface area contributed by atoms with Gasteiger partial charge in [0.05, 0.1) is 3.23 Å². The Morgan fingerprint density at radius 3 is 1.69 bits per heavy atom. The van der Waals surface area contributed by atoms with Crippen LogP contribution in [0.25, 0.3) is 0 Å². The first-order valence-corrected chi connectivity index (χ1v) is 7.17. The zero-order valence-electron chi connectivity index (χ0n) is 7.29. The highest BCUT2D eigenvalue weighted by Gasteiger charge is 2.83. The van der Waals surface area contributed by atoms with Crippen molar-refractivity contribution in [3.8, 4) is 0 Å². The van der Waals surface area contributed by atoms with Gasteiger partial charge in [0, 0.05) is 0 Å². The van der Waals surface area contributed by atoms with Crippen LogP contribution in [-0.2, 0) is 0 Å². The summed E-state index contributed by atoms with van der Waals surface area (Å²) in [4.78, 5) is 0. The van der Waals surface area contributed by atoms with E-state index >= 15 is 0 Å².